The van der Waals surface area contributed by atoms with Gasteiger partial charge >= 0.3 is 0 Å². The summed E-state index contributed by atoms with van der Waals surface area (Å²) in [6, 6.07) is 6.36. The number of hydrogen-bond acceptors (Lipinski definition) is 6. The monoisotopic (exact) mass is 318 g/mol. The van der Waals surface area contributed by atoms with Crippen molar-refractivity contribution in [2.24, 2.45) is 0 Å². The molecule has 2 aromatic rings. The summed E-state index contributed by atoms with van der Waals surface area (Å²) in [6.45, 7) is 2.04. The first-order valence-corrected chi connectivity index (χ1v) is 6.68. The summed E-state index contributed by atoms with van der Waals surface area (Å²) < 4.78 is 6.21. The standard InChI is InChI=1S/C14H14N4O5/c1-3-17-13(19)7-5-10(16-17)14(20)15-11-8-9(18(21)22)4-6-12(11)23-2/h4-8H,3H2,1-2H3,(H,15,20). The van der Waals surface area contributed by atoms with E-state index in [4.69, 9.17) is 4.74 Å². The number of rotatable bonds is 5. The minimum Gasteiger partial charge on any atom is -0.495 e. The number of nitrogens with one attached hydrogen (secondary N) is 1. The zero-order valence-electron chi connectivity index (χ0n) is 12.5. The summed E-state index contributed by atoms with van der Waals surface area (Å²) in [5.74, 6) is -0.334. The van der Waals surface area contributed by atoms with E-state index >= 15 is 0 Å². The molecule has 1 amide bonds. The van der Waals surface area contributed by atoms with Gasteiger partial charge in [-0.05, 0) is 19.1 Å². The van der Waals surface area contributed by atoms with E-state index in [2.05, 4.69) is 10.4 Å². The molecular formula is C14H14N4O5. The molecule has 120 valence electrons. The van der Waals surface area contributed by atoms with Gasteiger partial charge in [0.25, 0.3) is 17.2 Å². The van der Waals surface area contributed by atoms with Crippen molar-refractivity contribution in [2.75, 3.05) is 12.4 Å². The molecular weight excluding hydrogens is 304 g/mol. The van der Waals surface area contributed by atoms with Crippen molar-refractivity contribution in [3.05, 3.63) is 56.5 Å². The Morgan fingerprint density at radius 3 is 2.74 bits per heavy atom. The molecule has 0 aliphatic rings. The molecule has 1 N–H and O–H groups in total. The molecule has 0 radical (unpaired) electrons. The van der Waals surface area contributed by atoms with Gasteiger partial charge in [0.15, 0.2) is 0 Å². The van der Waals surface area contributed by atoms with E-state index in [1.54, 1.807) is 6.92 Å². The number of carbonyl (C=O) groups excluding carboxylic acids is 1. The first kappa shape index (κ1) is 16.1. The Balaban J connectivity index is 2.34. The fourth-order valence-electron chi connectivity index (χ4n) is 1.89. The highest BCUT2D eigenvalue weighted by Gasteiger charge is 2.16. The minimum absolute atomic E-state index is 0.0139. The maximum Gasteiger partial charge on any atom is 0.276 e. The van der Waals surface area contributed by atoms with E-state index < -0.39 is 10.8 Å². The highest BCUT2D eigenvalue weighted by molar-refractivity contribution is 6.03. The highest BCUT2D eigenvalue weighted by Crippen LogP contribution is 2.29. The van der Waals surface area contributed by atoms with Gasteiger partial charge in [-0.15, -0.1) is 0 Å². The maximum atomic E-state index is 12.2. The van der Waals surface area contributed by atoms with Crippen molar-refractivity contribution in [2.45, 2.75) is 13.5 Å². The number of nitrogens with zero attached hydrogens (tertiary/aromatic N) is 3. The summed E-state index contributed by atoms with van der Waals surface area (Å²) in [7, 11) is 1.38. The second-order valence-corrected chi connectivity index (χ2v) is 4.47. The van der Waals surface area contributed by atoms with E-state index in [0.29, 0.717) is 6.54 Å². The smallest absolute Gasteiger partial charge is 0.276 e. The van der Waals surface area contributed by atoms with Crippen LogP contribution in [0.5, 0.6) is 5.75 Å². The lowest BCUT2D eigenvalue weighted by Gasteiger charge is -2.10. The maximum absolute atomic E-state index is 12.2. The van der Waals surface area contributed by atoms with Crippen molar-refractivity contribution in [3.8, 4) is 5.75 Å². The van der Waals surface area contributed by atoms with Gasteiger partial charge in [-0.1, -0.05) is 0 Å². The summed E-state index contributed by atoms with van der Waals surface area (Å²) in [4.78, 5) is 34.0. The number of methoxy groups -OCH3 is 1. The van der Waals surface area contributed by atoms with Crippen molar-refractivity contribution in [3.63, 3.8) is 0 Å². The average Bonchev–Trinajstić information content (AvgIpc) is 2.55. The molecule has 2 rings (SSSR count). The Kier molecular flexibility index (Phi) is 4.69. The number of non-ortho nitro benzene ring substituents is 1. The average molecular weight is 318 g/mol. The van der Waals surface area contributed by atoms with Crippen molar-refractivity contribution >= 4 is 17.3 Å². The summed E-state index contributed by atoms with van der Waals surface area (Å²) >= 11 is 0. The lowest BCUT2D eigenvalue weighted by Crippen LogP contribution is -2.25. The molecule has 1 heterocycles. The largest absolute Gasteiger partial charge is 0.495 e. The van der Waals surface area contributed by atoms with Gasteiger partial charge in [-0.25, -0.2) is 4.68 Å². The van der Waals surface area contributed by atoms with Gasteiger partial charge in [0, 0.05) is 24.7 Å². The highest BCUT2D eigenvalue weighted by atomic mass is 16.6. The number of amides is 1. The number of nitro benzene ring substituents is 1. The number of anilines is 1. The molecule has 0 aliphatic carbocycles. The Morgan fingerprint density at radius 2 is 2.13 bits per heavy atom. The number of carbonyl (C=O) groups is 1. The number of hydrogen-bond donors (Lipinski definition) is 1. The molecule has 0 unspecified atom stereocenters. The van der Waals surface area contributed by atoms with E-state index in [0.717, 1.165) is 4.68 Å². The molecule has 1 aromatic carbocycles. The Labute approximate surface area is 130 Å². The van der Waals surface area contributed by atoms with Crippen LogP contribution in [0.1, 0.15) is 17.4 Å². The molecule has 0 aliphatic heterocycles. The Hall–Kier alpha value is -3.23. The normalized spacial score (nSPS) is 10.2. The third-order valence-electron chi connectivity index (χ3n) is 3.04. The molecule has 0 saturated carbocycles. The molecule has 23 heavy (non-hydrogen) atoms. The zero-order valence-corrected chi connectivity index (χ0v) is 12.5. The van der Waals surface area contributed by atoms with Gasteiger partial charge in [-0.2, -0.15) is 5.10 Å². The molecule has 0 saturated heterocycles. The fraction of sp³-hybridized carbons (Fsp3) is 0.214. The fourth-order valence-corrected chi connectivity index (χ4v) is 1.89. The predicted octanol–water partition coefficient (Wildman–Crippen LogP) is 1.43. The second kappa shape index (κ2) is 6.69. The molecule has 1 aromatic heterocycles. The predicted molar refractivity (Wildman–Crippen MR) is 81.8 cm³/mol. The SMILES string of the molecule is CCn1nc(C(=O)Nc2cc([N+](=O)[O-])ccc2OC)ccc1=O. The molecule has 0 spiro atoms. The number of aromatic nitrogens is 2. The van der Waals surface area contributed by atoms with E-state index in [1.807, 2.05) is 0 Å². The Morgan fingerprint density at radius 1 is 1.39 bits per heavy atom. The van der Waals surface area contributed by atoms with Crippen LogP contribution in [0, 0.1) is 10.1 Å². The van der Waals surface area contributed by atoms with Crippen LogP contribution in [0.2, 0.25) is 0 Å². The van der Waals surface area contributed by atoms with Crippen molar-refractivity contribution in [1.82, 2.24) is 9.78 Å². The molecule has 0 atom stereocenters. The third kappa shape index (κ3) is 3.51. The van der Waals surface area contributed by atoms with Crippen LogP contribution in [-0.2, 0) is 6.54 Å². The topological polar surface area (TPSA) is 116 Å². The second-order valence-electron chi connectivity index (χ2n) is 4.47. The van der Waals surface area contributed by atoms with Crippen LogP contribution >= 0.6 is 0 Å². The summed E-state index contributed by atoms with van der Waals surface area (Å²) in [5, 5.41) is 17.2. The van der Waals surface area contributed by atoms with E-state index in [1.165, 1.54) is 37.4 Å². The van der Waals surface area contributed by atoms with Crippen LogP contribution in [0.15, 0.2) is 35.1 Å². The molecule has 9 heteroatoms. The lowest BCUT2D eigenvalue weighted by molar-refractivity contribution is -0.384. The minimum atomic E-state index is -0.606. The van der Waals surface area contributed by atoms with E-state index in [-0.39, 0.29) is 28.4 Å². The van der Waals surface area contributed by atoms with Crippen LogP contribution in [0.4, 0.5) is 11.4 Å². The van der Waals surface area contributed by atoms with Gasteiger partial charge in [0.2, 0.25) is 0 Å². The Bertz CT molecular complexity index is 815. The lowest BCUT2D eigenvalue weighted by atomic mass is 10.2. The quantitative estimate of drug-likeness (QED) is 0.658. The van der Waals surface area contributed by atoms with E-state index in [9.17, 15) is 19.7 Å². The number of ether oxygens (including phenoxy) is 1. The van der Waals surface area contributed by atoms with Crippen LogP contribution < -0.4 is 15.6 Å². The van der Waals surface area contributed by atoms with Crippen molar-refractivity contribution in [1.29, 1.82) is 0 Å². The summed E-state index contributed by atoms with van der Waals surface area (Å²) in [6.07, 6.45) is 0. The van der Waals surface area contributed by atoms with Crippen LogP contribution in [0.25, 0.3) is 0 Å². The van der Waals surface area contributed by atoms with Crippen LogP contribution in [-0.4, -0.2) is 27.7 Å². The van der Waals surface area contributed by atoms with Gasteiger partial charge in [0.1, 0.15) is 11.4 Å². The van der Waals surface area contributed by atoms with Gasteiger partial charge in [-0.3, -0.25) is 19.7 Å². The number of aryl methyl sites for hydroxylation is 1. The zero-order chi connectivity index (χ0) is 17.0. The first-order chi connectivity index (χ1) is 11.0. The van der Waals surface area contributed by atoms with Gasteiger partial charge < -0.3 is 10.1 Å². The van der Waals surface area contributed by atoms with Crippen LogP contribution in [0.3, 0.4) is 0 Å². The van der Waals surface area contributed by atoms with Crippen molar-refractivity contribution < 1.29 is 14.5 Å². The summed E-state index contributed by atoms with van der Waals surface area (Å²) in [5.41, 5.74) is -0.354. The molecule has 9 nitrogen and oxygen atoms in total. The first-order valence-electron chi connectivity index (χ1n) is 6.68. The molecule has 0 bridgehead atoms. The number of nitro groups is 1. The third-order valence-corrected chi connectivity index (χ3v) is 3.04. The van der Waals surface area contributed by atoms with Gasteiger partial charge in [0.05, 0.1) is 17.7 Å². The molecule has 0 fully saturated rings. The number of benzene rings is 1.